The molecule has 230 valence electrons. The molecule has 2 atom stereocenters. The van der Waals surface area contributed by atoms with Crippen molar-refractivity contribution in [3.05, 3.63) is 126 Å². The third-order valence-corrected chi connectivity index (χ3v) is 8.85. The first-order valence-corrected chi connectivity index (χ1v) is 15.8. The number of nitrogens with zero attached hydrogens (tertiary/aromatic N) is 4. The molecule has 0 saturated carbocycles. The van der Waals surface area contributed by atoms with Gasteiger partial charge in [-0.2, -0.15) is 0 Å². The Morgan fingerprint density at radius 3 is 2.04 bits per heavy atom. The van der Waals surface area contributed by atoms with Crippen LogP contribution in [0.5, 0.6) is 17.2 Å². The molecule has 1 aliphatic heterocycles. The normalized spacial score (nSPS) is 16.0. The minimum Gasteiger partial charge on any atom is -0.497 e. The van der Waals surface area contributed by atoms with E-state index in [0.717, 1.165) is 47.4 Å². The van der Waals surface area contributed by atoms with Crippen molar-refractivity contribution in [2.45, 2.75) is 39.8 Å². The van der Waals surface area contributed by atoms with Crippen LogP contribution in [0.4, 0.5) is 11.4 Å². The zero-order valence-electron chi connectivity index (χ0n) is 26.4. The number of anilines is 2. The molecular weight excluding hydrogens is 579 g/mol. The number of rotatable bonds is 10. The van der Waals surface area contributed by atoms with Gasteiger partial charge < -0.3 is 29.2 Å². The first-order valence-electron chi connectivity index (χ1n) is 15.4. The van der Waals surface area contributed by atoms with Gasteiger partial charge >= 0.3 is 0 Å². The van der Waals surface area contributed by atoms with E-state index >= 15 is 0 Å². The maximum atomic E-state index is 6.11. The molecule has 1 fully saturated rings. The van der Waals surface area contributed by atoms with Crippen molar-refractivity contribution in [1.82, 2.24) is 14.9 Å². The molecular formula is C37H39N5O2S. The second-order valence-electron chi connectivity index (χ2n) is 11.1. The quantitative estimate of drug-likeness (QED) is 0.158. The summed E-state index contributed by atoms with van der Waals surface area (Å²) >= 11 is 6.01. The van der Waals surface area contributed by atoms with E-state index in [1.807, 2.05) is 54.7 Å². The van der Waals surface area contributed by atoms with Crippen molar-refractivity contribution < 1.29 is 9.47 Å². The molecule has 6 rings (SSSR count). The van der Waals surface area contributed by atoms with Gasteiger partial charge in [-0.3, -0.25) is 4.98 Å². The molecule has 1 N–H and O–H groups in total. The number of thiocarbonyl (C=S) groups is 1. The standard InChI is InChI=1S/C37H39N5O2S/c1-6-40(7-2)27-11-13-28(14-12-27)41-25(3)24-33(26(41)4)36-35(34-10-8-9-23-38-34)39-37(45)42(36)29-15-17-31(18-16-29)44-32-21-19-30(43-5)20-22-32/h8-24,35-36H,6-7H2,1-5H3,(H,39,45)/t35-,36+/m1/s1. The van der Waals surface area contributed by atoms with E-state index in [9.17, 15) is 0 Å². The average molecular weight is 618 g/mol. The van der Waals surface area contributed by atoms with Gasteiger partial charge in [-0.15, -0.1) is 0 Å². The number of nitrogens with one attached hydrogen (secondary N) is 1. The predicted molar refractivity (Wildman–Crippen MR) is 186 cm³/mol. The van der Waals surface area contributed by atoms with Crippen LogP contribution in [-0.4, -0.2) is 34.9 Å². The molecule has 0 unspecified atom stereocenters. The number of aryl methyl sites for hydroxylation is 1. The fourth-order valence-electron chi connectivity index (χ4n) is 6.29. The minimum absolute atomic E-state index is 0.115. The average Bonchev–Trinajstić information content (AvgIpc) is 3.57. The van der Waals surface area contributed by atoms with Crippen molar-refractivity contribution in [1.29, 1.82) is 0 Å². The Hall–Kier alpha value is -4.82. The van der Waals surface area contributed by atoms with Gasteiger partial charge in [-0.25, -0.2) is 0 Å². The van der Waals surface area contributed by atoms with Crippen LogP contribution in [0.25, 0.3) is 5.69 Å². The van der Waals surface area contributed by atoms with Crippen molar-refractivity contribution in [2.75, 3.05) is 30.0 Å². The van der Waals surface area contributed by atoms with Gasteiger partial charge in [0.15, 0.2) is 5.11 Å². The van der Waals surface area contributed by atoms with Crippen LogP contribution in [0.2, 0.25) is 0 Å². The fraction of sp³-hybridized carbons (Fsp3) is 0.243. The molecule has 45 heavy (non-hydrogen) atoms. The first-order chi connectivity index (χ1) is 21.9. The Morgan fingerprint density at radius 2 is 1.44 bits per heavy atom. The summed E-state index contributed by atoms with van der Waals surface area (Å²) in [4.78, 5) is 9.31. The molecule has 0 aliphatic carbocycles. The lowest BCUT2D eigenvalue weighted by molar-refractivity contribution is 0.413. The Balaban J connectivity index is 1.36. The first kappa shape index (κ1) is 30.2. The molecule has 0 radical (unpaired) electrons. The van der Waals surface area contributed by atoms with Gasteiger partial charge in [0, 0.05) is 47.7 Å². The Morgan fingerprint density at radius 1 is 0.822 bits per heavy atom. The number of methoxy groups -OCH3 is 1. The number of ether oxygens (including phenoxy) is 2. The second kappa shape index (κ2) is 13.0. The molecule has 3 heterocycles. The highest BCUT2D eigenvalue weighted by atomic mass is 32.1. The summed E-state index contributed by atoms with van der Waals surface area (Å²) in [7, 11) is 1.65. The highest BCUT2D eigenvalue weighted by Crippen LogP contribution is 2.44. The number of benzene rings is 3. The van der Waals surface area contributed by atoms with Gasteiger partial charge in [0.05, 0.1) is 24.9 Å². The third-order valence-electron chi connectivity index (χ3n) is 8.53. The van der Waals surface area contributed by atoms with Crippen molar-refractivity contribution in [2.24, 2.45) is 0 Å². The van der Waals surface area contributed by atoms with Crippen LogP contribution < -0.4 is 24.6 Å². The zero-order valence-corrected chi connectivity index (χ0v) is 27.2. The molecule has 2 aromatic heterocycles. The maximum Gasteiger partial charge on any atom is 0.174 e. The monoisotopic (exact) mass is 617 g/mol. The largest absolute Gasteiger partial charge is 0.497 e. The Bertz CT molecular complexity index is 1750. The Kier molecular flexibility index (Phi) is 8.76. The van der Waals surface area contributed by atoms with E-state index < -0.39 is 0 Å². The van der Waals surface area contributed by atoms with Crippen LogP contribution in [0.15, 0.2) is 103 Å². The molecule has 3 aromatic carbocycles. The summed E-state index contributed by atoms with van der Waals surface area (Å²) in [5.74, 6) is 2.27. The lowest BCUT2D eigenvalue weighted by atomic mass is 9.96. The Labute approximate surface area is 271 Å². The summed E-state index contributed by atoms with van der Waals surface area (Å²) in [6.45, 7) is 10.7. The summed E-state index contributed by atoms with van der Waals surface area (Å²) in [5, 5.41) is 4.26. The highest BCUT2D eigenvalue weighted by molar-refractivity contribution is 7.80. The van der Waals surface area contributed by atoms with Crippen LogP contribution in [-0.2, 0) is 0 Å². The topological polar surface area (TPSA) is 54.8 Å². The van der Waals surface area contributed by atoms with Crippen molar-refractivity contribution in [3.63, 3.8) is 0 Å². The molecule has 7 nitrogen and oxygen atoms in total. The second-order valence-corrected chi connectivity index (χ2v) is 11.5. The number of hydrogen-bond acceptors (Lipinski definition) is 5. The number of hydrogen-bond donors (Lipinski definition) is 1. The van der Waals surface area contributed by atoms with E-state index in [2.05, 4.69) is 95.9 Å². The molecule has 1 aliphatic rings. The molecule has 0 bridgehead atoms. The predicted octanol–water partition coefficient (Wildman–Crippen LogP) is 8.31. The summed E-state index contributed by atoms with van der Waals surface area (Å²) < 4.78 is 13.7. The van der Waals surface area contributed by atoms with E-state index in [1.165, 1.54) is 22.6 Å². The number of aromatic nitrogens is 2. The number of pyridine rings is 1. The van der Waals surface area contributed by atoms with Crippen molar-refractivity contribution >= 4 is 28.7 Å². The summed E-state index contributed by atoms with van der Waals surface area (Å²) in [6.07, 6.45) is 1.84. The maximum absolute atomic E-state index is 6.11. The van der Waals surface area contributed by atoms with E-state index in [1.54, 1.807) is 7.11 Å². The zero-order chi connectivity index (χ0) is 31.5. The molecule has 0 spiro atoms. The molecule has 8 heteroatoms. The van der Waals surface area contributed by atoms with E-state index in [0.29, 0.717) is 5.11 Å². The fourth-order valence-corrected chi connectivity index (χ4v) is 6.64. The van der Waals surface area contributed by atoms with Crippen molar-refractivity contribution in [3.8, 4) is 22.9 Å². The van der Waals surface area contributed by atoms with Gasteiger partial charge in [-0.05, 0) is 136 Å². The van der Waals surface area contributed by atoms with E-state index in [4.69, 9.17) is 26.7 Å². The smallest absolute Gasteiger partial charge is 0.174 e. The molecule has 0 amide bonds. The van der Waals surface area contributed by atoms with Gasteiger partial charge in [0.25, 0.3) is 0 Å². The van der Waals surface area contributed by atoms with E-state index in [-0.39, 0.29) is 12.1 Å². The lowest BCUT2D eigenvalue weighted by Gasteiger charge is -2.28. The van der Waals surface area contributed by atoms with Crippen LogP contribution >= 0.6 is 12.2 Å². The van der Waals surface area contributed by atoms with Crippen LogP contribution in [0.3, 0.4) is 0 Å². The van der Waals surface area contributed by atoms with Gasteiger partial charge in [-0.1, -0.05) is 6.07 Å². The van der Waals surface area contributed by atoms with Gasteiger partial charge in [0.2, 0.25) is 0 Å². The summed E-state index contributed by atoms with van der Waals surface area (Å²) in [5.41, 5.74) is 7.83. The highest BCUT2D eigenvalue weighted by Gasteiger charge is 2.42. The lowest BCUT2D eigenvalue weighted by Crippen LogP contribution is -2.29. The SMILES string of the molecule is CCN(CC)c1ccc(-n2c(C)cc([C@H]3[C@@H](c4ccccn4)NC(=S)N3c3ccc(Oc4ccc(OC)cc4)cc3)c2C)cc1. The summed E-state index contributed by atoms with van der Waals surface area (Å²) in [6, 6.07) is 32.6. The minimum atomic E-state index is -0.132. The van der Waals surface area contributed by atoms with Crippen LogP contribution in [0, 0.1) is 13.8 Å². The third kappa shape index (κ3) is 5.98. The van der Waals surface area contributed by atoms with Crippen LogP contribution in [0.1, 0.15) is 48.6 Å². The van der Waals surface area contributed by atoms with Gasteiger partial charge in [0.1, 0.15) is 17.2 Å². The molecule has 1 saturated heterocycles. The molecule has 5 aromatic rings.